The van der Waals surface area contributed by atoms with Crippen molar-refractivity contribution in [3.8, 4) is 0 Å². The fourth-order valence-corrected chi connectivity index (χ4v) is 14.7. The fraction of sp³-hybridized carbons (Fsp3) is 1.00. The number of nitrogens with two attached hydrogens (primary N) is 4. The standard InChI is InChI=1S/C57H104N4O37S4/c1-10-11-12-13-79-54-46(58)26(2)50(38(91-54)22-84-99(63,64)65)96-43-15-32(76-7)35(19-81-43)89-56-48(60)28(4)52(40(93-56)24-86-101(69,70)71)98-45-17-34(78-9)37(21-83-45)90-57-49(61)29(5)53(41(94-57)25-87-102(72,73)74)97-44-16-33(77-8)36(20-82-44)88-55-47(59)27(3)51(39(92-55)23-85-100(66,67)68)95-42-14-31(75-6)30(62)18-80-42/h26-57,62H,10-25,58-61H2,1-9H3,(H,63,64,65)(H,66,67,68)(H,69,70,71)(H,72,73,74)/t26-,27-,28-,29-,30-,31?,32?,33?,34?,35+,36+,37+,38?,39?,40?,41?,42+,43+,44+,45+,46?,47?,48?,49?,50+,51+,52+,53+,54-,55-,56+,57+/m1/s1. The first-order valence-corrected chi connectivity index (χ1v) is 39.0. The van der Waals surface area contributed by atoms with Gasteiger partial charge in [-0.2, -0.15) is 33.7 Å². The molecule has 0 radical (unpaired) electrons. The highest BCUT2D eigenvalue weighted by molar-refractivity contribution is 7.81. The molecule has 13 N–H and O–H groups in total. The van der Waals surface area contributed by atoms with Crippen LogP contribution in [0.25, 0.3) is 0 Å². The molecule has 0 aromatic rings. The molecule has 45 heteroatoms. The summed E-state index contributed by atoms with van der Waals surface area (Å²) in [6, 6.07) is -3.71. The van der Waals surface area contributed by atoms with E-state index in [1.807, 2.05) is 6.92 Å². The second-order valence-corrected chi connectivity index (χ2v) is 30.8. The fourth-order valence-electron chi connectivity index (χ4n) is 13.5. The molecule has 8 saturated heterocycles. The Hall–Kier alpha value is -1.52. The summed E-state index contributed by atoms with van der Waals surface area (Å²) in [6.45, 7) is 5.43. The molecule has 0 amide bonds. The van der Waals surface area contributed by atoms with Gasteiger partial charge in [0.25, 0.3) is 0 Å². The van der Waals surface area contributed by atoms with Crippen molar-refractivity contribution < 1.29 is 168 Å². The van der Waals surface area contributed by atoms with Crippen molar-refractivity contribution in [2.24, 2.45) is 46.6 Å². The number of unbranched alkanes of at least 4 members (excludes halogenated alkanes) is 2. The summed E-state index contributed by atoms with van der Waals surface area (Å²) in [5.41, 5.74) is 26.9. The van der Waals surface area contributed by atoms with Gasteiger partial charge in [0.05, 0.1) is 126 Å². The zero-order valence-electron chi connectivity index (χ0n) is 58.0. The average Bonchev–Trinajstić information content (AvgIpc) is 0.796. The molecule has 0 spiro atoms. The third-order valence-electron chi connectivity index (χ3n) is 19.6. The van der Waals surface area contributed by atoms with Crippen molar-refractivity contribution >= 4 is 41.6 Å². The minimum absolute atomic E-state index is 0.0252. The van der Waals surface area contributed by atoms with Crippen molar-refractivity contribution in [2.75, 3.05) is 87.9 Å². The number of aliphatic hydroxyl groups excluding tert-OH is 1. The van der Waals surface area contributed by atoms with E-state index in [-0.39, 0.29) is 52.1 Å². The lowest BCUT2D eigenvalue weighted by Gasteiger charge is -2.49. The highest BCUT2D eigenvalue weighted by Crippen LogP contribution is 2.40. The van der Waals surface area contributed by atoms with Crippen LogP contribution in [-0.2, 0) is 153 Å². The first-order valence-electron chi connectivity index (χ1n) is 33.6. The molecule has 12 unspecified atom stereocenters. The van der Waals surface area contributed by atoms with E-state index >= 15 is 0 Å². The molecule has 0 bridgehead atoms. The number of ether oxygens (including phenoxy) is 20. The predicted molar refractivity (Wildman–Crippen MR) is 339 cm³/mol. The maximum Gasteiger partial charge on any atom is 0.397 e. The molecular formula is C57H104N4O37S4. The summed E-state index contributed by atoms with van der Waals surface area (Å²) in [4.78, 5) is 0. The SMILES string of the molecule is CCCCCO[C@@H]1OC(COS(=O)(=O)O)[C@@H](O[C@H]2CC(OC)[C@@H](O[C@H]3OC(COS(=O)(=O)O)[C@@H](O[C@H]4CC(OC)[C@@H](O[C@H]5OC(COS(=O)(=O)O)[C@@H](O[C@H]6CC(OC)[C@@H](O[C@@H]7OC(COS(=O)(=O)O)[C@@H](O[C@H]8CC(OC)[C@H](O)CO8)[C@H](C)C7N)CO6)[C@H](C)C5N)CO4)[C@H](C)C3N)CO2)[C@H](C)C1N. The first-order chi connectivity index (χ1) is 48.0. The van der Waals surface area contributed by atoms with Crippen molar-refractivity contribution in [3.05, 3.63) is 0 Å². The normalized spacial score (nSPS) is 43.0. The molecule has 8 heterocycles. The van der Waals surface area contributed by atoms with Gasteiger partial charge < -0.3 is 123 Å². The summed E-state index contributed by atoms with van der Waals surface area (Å²) in [5, 5.41) is 10.3. The molecule has 102 heavy (non-hydrogen) atoms. The Kier molecular flexibility index (Phi) is 32.4. The predicted octanol–water partition coefficient (Wildman–Crippen LogP) is -2.67. The van der Waals surface area contributed by atoms with E-state index in [0.717, 1.165) is 19.3 Å². The minimum Gasteiger partial charge on any atom is -0.388 e. The van der Waals surface area contributed by atoms with Crippen LogP contribution in [0, 0.1) is 23.7 Å². The van der Waals surface area contributed by atoms with Gasteiger partial charge in [0, 0.05) is 84.4 Å². The summed E-state index contributed by atoms with van der Waals surface area (Å²) in [5.74, 6) is -2.66. The molecule has 0 aromatic heterocycles. The number of hydrogen-bond acceptors (Lipinski definition) is 37. The van der Waals surface area contributed by atoms with Gasteiger partial charge in [0.15, 0.2) is 50.3 Å². The van der Waals surface area contributed by atoms with Crippen molar-refractivity contribution in [3.63, 3.8) is 0 Å². The Labute approximate surface area is 593 Å². The second kappa shape index (κ2) is 38.4. The van der Waals surface area contributed by atoms with E-state index in [1.54, 1.807) is 27.7 Å². The largest absolute Gasteiger partial charge is 0.397 e. The van der Waals surface area contributed by atoms with Gasteiger partial charge in [-0.1, -0.05) is 47.5 Å². The van der Waals surface area contributed by atoms with Crippen LogP contribution in [0.2, 0.25) is 0 Å². The van der Waals surface area contributed by atoms with Gasteiger partial charge in [-0.15, -0.1) is 0 Å². The Balaban J connectivity index is 0.864. The monoisotopic (exact) mass is 1560 g/mol. The molecule has 8 aliphatic heterocycles. The Morgan fingerprint density at radius 2 is 0.637 bits per heavy atom. The second-order valence-electron chi connectivity index (χ2n) is 26.4. The topological polar surface area (TPSA) is 563 Å². The molecule has 0 aliphatic carbocycles. The minimum atomic E-state index is -5.06. The molecule has 8 fully saturated rings. The van der Waals surface area contributed by atoms with Gasteiger partial charge in [-0.3, -0.25) is 18.2 Å². The Bertz CT molecular complexity index is 3020. The van der Waals surface area contributed by atoms with Crippen LogP contribution in [0.15, 0.2) is 0 Å². The number of aliphatic hydroxyl groups is 1. The first kappa shape index (κ1) is 86.1. The smallest absolute Gasteiger partial charge is 0.388 e. The van der Waals surface area contributed by atoms with E-state index < -0.39 is 264 Å². The van der Waals surface area contributed by atoms with Crippen LogP contribution in [0.3, 0.4) is 0 Å². The number of hydrogen-bond donors (Lipinski definition) is 9. The molecule has 598 valence electrons. The Morgan fingerprint density at radius 3 is 0.912 bits per heavy atom. The van der Waals surface area contributed by atoms with Crippen molar-refractivity contribution in [2.45, 2.75) is 252 Å². The molecule has 8 rings (SSSR count). The van der Waals surface area contributed by atoms with E-state index in [0.29, 0.717) is 6.61 Å². The number of rotatable bonds is 35. The van der Waals surface area contributed by atoms with E-state index in [2.05, 4.69) is 0 Å². The van der Waals surface area contributed by atoms with Gasteiger partial charge >= 0.3 is 41.6 Å². The van der Waals surface area contributed by atoms with Crippen LogP contribution < -0.4 is 22.9 Å². The molecule has 0 saturated carbocycles. The zero-order chi connectivity index (χ0) is 74.8. The van der Waals surface area contributed by atoms with Crippen molar-refractivity contribution in [1.29, 1.82) is 0 Å². The molecule has 41 nitrogen and oxygen atoms in total. The Morgan fingerprint density at radius 1 is 0.373 bits per heavy atom. The average molecular weight is 1570 g/mol. The number of methoxy groups -OCH3 is 4. The lowest BCUT2D eigenvalue weighted by Crippen LogP contribution is -2.63. The van der Waals surface area contributed by atoms with E-state index in [4.69, 9.17) is 134 Å². The summed E-state index contributed by atoms with van der Waals surface area (Å²) in [6.07, 6.45) is -22.3. The quantitative estimate of drug-likeness (QED) is 0.0231. The lowest BCUT2D eigenvalue weighted by atomic mass is 9.88. The summed E-state index contributed by atoms with van der Waals surface area (Å²) < 4.78 is 275. The maximum atomic E-state index is 12.0. The molecule has 8 aliphatic rings. The van der Waals surface area contributed by atoms with Gasteiger partial charge in [-0.05, 0) is 6.42 Å². The summed E-state index contributed by atoms with van der Waals surface area (Å²) in [7, 11) is -14.4. The van der Waals surface area contributed by atoms with Crippen LogP contribution in [0.5, 0.6) is 0 Å². The zero-order valence-corrected chi connectivity index (χ0v) is 61.3. The van der Waals surface area contributed by atoms with Crippen LogP contribution in [-0.4, -0.2) is 317 Å². The van der Waals surface area contributed by atoms with E-state index in [9.17, 15) is 57.0 Å². The highest BCUT2D eigenvalue weighted by atomic mass is 32.3. The van der Waals surface area contributed by atoms with Gasteiger partial charge in [0.1, 0.15) is 48.8 Å². The molecular weight excluding hydrogens is 1460 g/mol. The highest BCUT2D eigenvalue weighted by Gasteiger charge is 2.54. The van der Waals surface area contributed by atoms with Crippen LogP contribution in [0.4, 0.5) is 0 Å². The van der Waals surface area contributed by atoms with Gasteiger partial charge in [-0.25, -0.2) is 16.7 Å². The lowest BCUT2D eigenvalue weighted by molar-refractivity contribution is -0.345. The maximum absolute atomic E-state index is 12.0. The molecule has 0 aromatic carbocycles. The van der Waals surface area contributed by atoms with Crippen LogP contribution in [0.1, 0.15) is 79.6 Å². The third-order valence-corrected chi connectivity index (χ3v) is 21.3. The third kappa shape index (κ3) is 24.2. The van der Waals surface area contributed by atoms with E-state index in [1.165, 1.54) is 28.4 Å². The van der Waals surface area contributed by atoms with Crippen LogP contribution >= 0.6 is 0 Å². The van der Waals surface area contributed by atoms with Gasteiger partial charge in [0.2, 0.25) is 0 Å². The molecule has 32 atom stereocenters. The van der Waals surface area contributed by atoms with Crippen molar-refractivity contribution in [1.82, 2.24) is 0 Å². The summed E-state index contributed by atoms with van der Waals surface area (Å²) >= 11 is 0.